The van der Waals surface area contributed by atoms with Crippen molar-refractivity contribution in [3.63, 3.8) is 0 Å². The Morgan fingerprint density at radius 2 is 2.11 bits per heavy atom. The molecule has 0 aliphatic heterocycles. The number of nitrogens with zero attached hydrogens (tertiary/aromatic N) is 3. The largest absolute Gasteiger partial charge is 0.368 e. The van der Waals surface area contributed by atoms with Gasteiger partial charge >= 0.3 is 0 Å². The Bertz CT molecular complexity index is 390. The molecule has 4 N–H and O–H groups in total. The smallest absolute Gasteiger partial charge is 0.148 e. The normalized spacial score (nSPS) is 14.9. The summed E-state index contributed by atoms with van der Waals surface area (Å²) in [6.07, 6.45) is 5.05. The van der Waals surface area contributed by atoms with Crippen LogP contribution in [0.15, 0.2) is 6.33 Å². The van der Waals surface area contributed by atoms with Gasteiger partial charge in [0.25, 0.3) is 0 Å². The number of hydrogen-bond acceptors (Lipinski definition) is 6. The van der Waals surface area contributed by atoms with Crippen molar-refractivity contribution >= 4 is 11.6 Å². The zero-order valence-electron chi connectivity index (χ0n) is 11.1. The predicted octanol–water partition coefficient (Wildman–Crippen LogP) is 0.831. The Morgan fingerprint density at radius 3 is 2.72 bits per heavy atom. The van der Waals surface area contributed by atoms with E-state index in [0.717, 1.165) is 36.9 Å². The highest BCUT2D eigenvalue weighted by Crippen LogP contribution is 2.25. The molecule has 1 aromatic rings. The number of likely N-dealkylation sites (N-methyl/N-ethyl adjacent to an activating group) is 1. The van der Waals surface area contributed by atoms with E-state index in [-0.39, 0.29) is 0 Å². The zero-order valence-corrected chi connectivity index (χ0v) is 11.1. The Balaban J connectivity index is 1.91. The fraction of sp³-hybridized carbons (Fsp3) is 0.667. The molecule has 0 atom stereocenters. The summed E-state index contributed by atoms with van der Waals surface area (Å²) >= 11 is 0. The first kappa shape index (κ1) is 13.0. The molecule has 1 aliphatic carbocycles. The summed E-state index contributed by atoms with van der Waals surface area (Å²) in [4.78, 5) is 10.8. The monoisotopic (exact) mass is 250 g/mol. The van der Waals surface area contributed by atoms with Gasteiger partial charge in [-0.05, 0) is 26.3 Å². The molecule has 18 heavy (non-hydrogen) atoms. The molecule has 1 heterocycles. The first-order chi connectivity index (χ1) is 8.76. The number of rotatable bonds is 7. The van der Waals surface area contributed by atoms with Crippen molar-refractivity contribution in [2.45, 2.75) is 32.2 Å². The van der Waals surface area contributed by atoms with Crippen LogP contribution in [0.25, 0.3) is 0 Å². The van der Waals surface area contributed by atoms with Crippen LogP contribution in [-0.2, 0) is 6.42 Å². The summed E-state index contributed by atoms with van der Waals surface area (Å²) < 4.78 is 0. The second kappa shape index (κ2) is 5.97. The van der Waals surface area contributed by atoms with Crippen LogP contribution in [0.3, 0.4) is 0 Å². The van der Waals surface area contributed by atoms with Gasteiger partial charge in [0.15, 0.2) is 0 Å². The van der Waals surface area contributed by atoms with Crippen LogP contribution in [-0.4, -0.2) is 41.0 Å². The van der Waals surface area contributed by atoms with Crippen LogP contribution in [0.4, 0.5) is 11.6 Å². The van der Waals surface area contributed by atoms with Crippen molar-refractivity contribution in [1.82, 2.24) is 14.9 Å². The van der Waals surface area contributed by atoms with Crippen molar-refractivity contribution < 1.29 is 0 Å². The van der Waals surface area contributed by atoms with E-state index in [2.05, 4.69) is 39.6 Å². The molecule has 100 valence electrons. The third-order valence-electron chi connectivity index (χ3n) is 3.36. The van der Waals surface area contributed by atoms with Crippen molar-refractivity contribution in [3.8, 4) is 0 Å². The van der Waals surface area contributed by atoms with E-state index in [0.29, 0.717) is 5.82 Å². The molecule has 1 fully saturated rings. The van der Waals surface area contributed by atoms with E-state index in [4.69, 9.17) is 5.84 Å². The van der Waals surface area contributed by atoms with Crippen LogP contribution in [0.2, 0.25) is 0 Å². The van der Waals surface area contributed by atoms with E-state index in [1.54, 1.807) is 0 Å². The van der Waals surface area contributed by atoms with Crippen LogP contribution >= 0.6 is 0 Å². The molecule has 6 heteroatoms. The summed E-state index contributed by atoms with van der Waals surface area (Å²) in [5.74, 6) is 7.02. The van der Waals surface area contributed by atoms with Gasteiger partial charge < -0.3 is 15.6 Å². The van der Waals surface area contributed by atoms with Gasteiger partial charge in [-0.1, -0.05) is 6.92 Å². The van der Waals surface area contributed by atoms with Crippen LogP contribution in [0, 0.1) is 0 Å². The first-order valence-electron chi connectivity index (χ1n) is 6.50. The first-order valence-corrected chi connectivity index (χ1v) is 6.50. The lowest BCUT2D eigenvalue weighted by atomic mass is 10.2. The Kier molecular flexibility index (Phi) is 4.33. The predicted molar refractivity (Wildman–Crippen MR) is 73.4 cm³/mol. The Hall–Kier alpha value is -1.40. The highest BCUT2D eigenvalue weighted by molar-refractivity contribution is 5.56. The van der Waals surface area contributed by atoms with Crippen molar-refractivity contribution in [2.24, 2.45) is 5.84 Å². The molecule has 1 aliphatic rings. The standard InChI is InChI=1S/C12H22N6/c1-3-10-11(15-8-16-12(10)17-13)14-6-7-18(2)9-4-5-9/h8-9H,3-7,13H2,1-2H3,(H2,14,15,16,17). The third-order valence-corrected chi connectivity index (χ3v) is 3.36. The highest BCUT2D eigenvalue weighted by Gasteiger charge is 2.25. The minimum atomic E-state index is 0.700. The van der Waals surface area contributed by atoms with E-state index in [1.807, 2.05) is 0 Å². The second-order valence-electron chi connectivity index (χ2n) is 4.69. The number of aromatic nitrogens is 2. The zero-order chi connectivity index (χ0) is 13.0. The van der Waals surface area contributed by atoms with E-state index in [9.17, 15) is 0 Å². The lowest BCUT2D eigenvalue weighted by Gasteiger charge is -2.17. The highest BCUT2D eigenvalue weighted by atomic mass is 15.3. The fourth-order valence-corrected chi connectivity index (χ4v) is 2.07. The summed E-state index contributed by atoms with van der Waals surface area (Å²) in [5, 5.41) is 3.36. The maximum absolute atomic E-state index is 5.44. The summed E-state index contributed by atoms with van der Waals surface area (Å²) in [6.45, 7) is 3.99. The van der Waals surface area contributed by atoms with Gasteiger partial charge in [-0.25, -0.2) is 15.8 Å². The molecule has 0 aromatic carbocycles. The van der Waals surface area contributed by atoms with E-state index < -0.39 is 0 Å². The number of nitrogens with two attached hydrogens (primary N) is 1. The number of hydrazine groups is 1. The van der Waals surface area contributed by atoms with Crippen LogP contribution < -0.4 is 16.6 Å². The molecule has 1 saturated carbocycles. The molecule has 2 rings (SSSR count). The molecule has 0 unspecified atom stereocenters. The number of anilines is 2. The molecule has 0 saturated heterocycles. The van der Waals surface area contributed by atoms with Crippen LogP contribution in [0.5, 0.6) is 0 Å². The van der Waals surface area contributed by atoms with Gasteiger partial charge in [-0.2, -0.15) is 0 Å². The average molecular weight is 250 g/mol. The summed E-state index contributed by atoms with van der Waals surface area (Å²) in [5.41, 5.74) is 3.65. The number of nitrogens with one attached hydrogen (secondary N) is 2. The molecule has 0 bridgehead atoms. The van der Waals surface area contributed by atoms with Crippen LogP contribution in [0.1, 0.15) is 25.3 Å². The summed E-state index contributed by atoms with van der Waals surface area (Å²) in [6, 6.07) is 0.795. The minimum Gasteiger partial charge on any atom is -0.368 e. The molecule has 0 amide bonds. The average Bonchev–Trinajstić information content (AvgIpc) is 3.22. The van der Waals surface area contributed by atoms with Gasteiger partial charge in [0.05, 0.1) is 0 Å². The number of hydrogen-bond donors (Lipinski definition) is 3. The topological polar surface area (TPSA) is 79.1 Å². The van der Waals surface area contributed by atoms with Crippen molar-refractivity contribution in [3.05, 3.63) is 11.9 Å². The maximum atomic E-state index is 5.44. The molecule has 0 spiro atoms. The second-order valence-corrected chi connectivity index (χ2v) is 4.69. The third kappa shape index (κ3) is 3.08. The molecule has 6 nitrogen and oxygen atoms in total. The quantitative estimate of drug-likeness (QED) is 0.491. The van der Waals surface area contributed by atoms with Gasteiger partial charge in [-0.15, -0.1) is 0 Å². The molecule has 0 radical (unpaired) electrons. The Labute approximate surface area is 108 Å². The van der Waals surface area contributed by atoms with Gasteiger partial charge in [-0.3, -0.25) is 0 Å². The SMILES string of the molecule is CCc1c(NN)ncnc1NCCN(C)C1CC1. The number of nitrogen functional groups attached to an aromatic ring is 1. The summed E-state index contributed by atoms with van der Waals surface area (Å²) in [7, 11) is 2.17. The maximum Gasteiger partial charge on any atom is 0.148 e. The molecular weight excluding hydrogens is 228 g/mol. The van der Waals surface area contributed by atoms with Crippen molar-refractivity contribution in [1.29, 1.82) is 0 Å². The molecular formula is C12H22N6. The molecule has 1 aromatic heterocycles. The lowest BCUT2D eigenvalue weighted by Crippen LogP contribution is -2.27. The van der Waals surface area contributed by atoms with Crippen molar-refractivity contribution in [2.75, 3.05) is 30.9 Å². The van der Waals surface area contributed by atoms with Gasteiger partial charge in [0.1, 0.15) is 18.0 Å². The minimum absolute atomic E-state index is 0.700. The van der Waals surface area contributed by atoms with E-state index >= 15 is 0 Å². The Morgan fingerprint density at radius 1 is 1.39 bits per heavy atom. The lowest BCUT2D eigenvalue weighted by molar-refractivity contribution is 0.337. The van der Waals surface area contributed by atoms with Gasteiger partial charge in [0.2, 0.25) is 0 Å². The van der Waals surface area contributed by atoms with Gasteiger partial charge in [0, 0.05) is 24.7 Å². The van der Waals surface area contributed by atoms with E-state index in [1.165, 1.54) is 19.2 Å². The fourth-order valence-electron chi connectivity index (χ4n) is 2.07.